The Balaban J connectivity index is 2.39. The SMILES string of the molecule is CC(C)(C)N1CCCCC1. The molecule has 0 atom stereocenters. The van der Waals surface area contributed by atoms with Crippen molar-refractivity contribution in [3.8, 4) is 0 Å². The van der Waals surface area contributed by atoms with Crippen molar-refractivity contribution in [3.05, 3.63) is 0 Å². The molecular weight excluding hydrogens is 122 g/mol. The molecule has 10 heavy (non-hydrogen) atoms. The third kappa shape index (κ3) is 1.98. The maximum Gasteiger partial charge on any atom is 0.0125 e. The van der Waals surface area contributed by atoms with E-state index in [2.05, 4.69) is 25.7 Å². The first-order chi connectivity index (χ1) is 4.61. The Kier molecular flexibility index (Phi) is 2.35. The molecule has 1 aliphatic heterocycles. The van der Waals surface area contributed by atoms with Gasteiger partial charge >= 0.3 is 0 Å². The molecule has 0 bridgehead atoms. The Labute approximate surface area is 64.4 Å². The van der Waals surface area contributed by atoms with Crippen LogP contribution < -0.4 is 0 Å². The van der Waals surface area contributed by atoms with Gasteiger partial charge in [0.05, 0.1) is 0 Å². The summed E-state index contributed by atoms with van der Waals surface area (Å²) in [6, 6.07) is 0. The highest BCUT2D eigenvalue weighted by Crippen LogP contribution is 2.18. The van der Waals surface area contributed by atoms with Crippen LogP contribution in [0, 0.1) is 0 Å². The summed E-state index contributed by atoms with van der Waals surface area (Å²) in [5, 5.41) is 0. The van der Waals surface area contributed by atoms with Crippen molar-refractivity contribution in [2.45, 2.75) is 45.6 Å². The van der Waals surface area contributed by atoms with E-state index in [1.165, 1.54) is 32.4 Å². The van der Waals surface area contributed by atoms with E-state index in [0.717, 1.165) is 0 Å². The van der Waals surface area contributed by atoms with Gasteiger partial charge in [-0.3, -0.25) is 4.90 Å². The van der Waals surface area contributed by atoms with E-state index < -0.39 is 0 Å². The van der Waals surface area contributed by atoms with E-state index in [4.69, 9.17) is 0 Å². The normalized spacial score (nSPS) is 23.1. The molecule has 0 radical (unpaired) electrons. The van der Waals surface area contributed by atoms with Gasteiger partial charge in [-0.15, -0.1) is 0 Å². The van der Waals surface area contributed by atoms with Crippen molar-refractivity contribution in [2.24, 2.45) is 0 Å². The second kappa shape index (κ2) is 2.91. The van der Waals surface area contributed by atoms with E-state index in [1.807, 2.05) is 0 Å². The van der Waals surface area contributed by atoms with Gasteiger partial charge in [0.15, 0.2) is 0 Å². The van der Waals surface area contributed by atoms with E-state index in [9.17, 15) is 0 Å². The minimum absolute atomic E-state index is 0.403. The Bertz CT molecular complexity index is 95.8. The lowest BCUT2D eigenvalue weighted by atomic mass is 10.0. The van der Waals surface area contributed by atoms with Crippen molar-refractivity contribution in [1.29, 1.82) is 0 Å². The molecule has 1 heteroatoms. The van der Waals surface area contributed by atoms with Crippen LogP contribution in [0.3, 0.4) is 0 Å². The van der Waals surface area contributed by atoms with Crippen LogP contribution >= 0.6 is 0 Å². The molecule has 0 spiro atoms. The zero-order valence-corrected chi connectivity index (χ0v) is 7.48. The summed E-state index contributed by atoms with van der Waals surface area (Å²) in [4.78, 5) is 2.58. The number of hydrogen-bond donors (Lipinski definition) is 0. The van der Waals surface area contributed by atoms with Crippen molar-refractivity contribution >= 4 is 0 Å². The summed E-state index contributed by atoms with van der Waals surface area (Å²) in [6.07, 6.45) is 4.24. The van der Waals surface area contributed by atoms with Crippen LogP contribution in [0.15, 0.2) is 0 Å². The van der Waals surface area contributed by atoms with Crippen LogP contribution in [0.25, 0.3) is 0 Å². The van der Waals surface area contributed by atoms with E-state index in [1.54, 1.807) is 0 Å². The van der Waals surface area contributed by atoms with Crippen LogP contribution in [0.5, 0.6) is 0 Å². The standard InChI is InChI=1S/C9H19N/c1-9(2,3)10-7-5-4-6-8-10/h4-8H2,1-3H3. The molecule has 1 aliphatic rings. The maximum absolute atomic E-state index is 2.58. The third-order valence-corrected chi connectivity index (χ3v) is 2.30. The first-order valence-electron chi connectivity index (χ1n) is 4.36. The van der Waals surface area contributed by atoms with Crippen LogP contribution in [0.1, 0.15) is 40.0 Å². The molecule has 0 N–H and O–H groups in total. The Morgan fingerprint density at radius 1 is 0.900 bits per heavy atom. The first-order valence-corrected chi connectivity index (χ1v) is 4.36. The predicted octanol–water partition coefficient (Wildman–Crippen LogP) is 2.27. The number of likely N-dealkylation sites (tertiary alicyclic amines) is 1. The van der Waals surface area contributed by atoms with Gasteiger partial charge < -0.3 is 0 Å². The Hall–Kier alpha value is -0.0400. The zero-order chi connectivity index (χ0) is 7.61. The van der Waals surface area contributed by atoms with Gasteiger partial charge in [-0.2, -0.15) is 0 Å². The summed E-state index contributed by atoms with van der Waals surface area (Å²) in [5.41, 5.74) is 0.403. The maximum atomic E-state index is 2.58. The Morgan fingerprint density at radius 2 is 1.40 bits per heavy atom. The van der Waals surface area contributed by atoms with Crippen molar-refractivity contribution in [1.82, 2.24) is 4.90 Å². The van der Waals surface area contributed by atoms with Gasteiger partial charge in [0.1, 0.15) is 0 Å². The van der Waals surface area contributed by atoms with Gasteiger partial charge in [-0.25, -0.2) is 0 Å². The average Bonchev–Trinajstić information content (AvgIpc) is 1.88. The predicted molar refractivity (Wildman–Crippen MR) is 45.2 cm³/mol. The Morgan fingerprint density at radius 3 is 1.70 bits per heavy atom. The molecule has 60 valence electrons. The summed E-state index contributed by atoms with van der Waals surface area (Å²) in [5.74, 6) is 0. The lowest BCUT2D eigenvalue weighted by Gasteiger charge is -2.38. The zero-order valence-electron chi connectivity index (χ0n) is 7.48. The minimum Gasteiger partial charge on any atom is -0.298 e. The van der Waals surface area contributed by atoms with E-state index >= 15 is 0 Å². The highest BCUT2D eigenvalue weighted by Gasteiger charge is 2.21. The molecule has 0 aromatic rings. The molecular formula is C9H19N. The molecule has 1 heterocycles. The lowest BCUT2D eigenvalue weighted by molar-refractivity contribution is 0.111. The van der Waals surface area contributed by atoms with Crippen LogP contribution in [0.2, 0.25) is 0 Å². The number of nitrogens with zero attached hydrogens (tertiary/aromatic N) is 1. The second-order valence-electron chi connectivity index (χ2n) is 4.22. The molecule has 0 aromatic carbocycles. The van der Waals surface area contributed by atoms with Gasteiger partial charge in [-0.05, 0) is 46.7 Å². The summed E-state index contributed by atoms with van der Waals surface area (Å²) in [6.45, 7) is 9.53. The van der Waals surface area contributed by atoms with Gasteiger partial charge in [0.2, 0.25) is 0 Å². The number of hydrogen-bond acceptors (Lipinski definition) is 1. The van der Waals surface area contributed by atoms with E-state index in [0.29, 0.717) is 5.54 Å². The molecule has 1 fully saturated rings. The van der Waals surface area contributed by atoms with Crippen LogP contribution in [-0.4, -0.2) is 23.5 Å². The van der Waals surface area contributed by atoms with Crippen molar-refractivity contribution in [2.75, 3.05) is 13.1 Å². The van der Waals surface area contributed by atoms with Gasteiger partial charge in [0, 0.05) is 5.54 Å². The van der Waals surface area contributed by atoms with Crippen LogP contribution in [0.4, 0.5) is 0 Å². The lowest BCUT2D eigenvalue weighted by Crippen LogP contribution is -2.44. The molecule has 0 aromatic heterocycles. The fourth-order valence-corrected chi connectivity index (χ4v) is 1.56. The smallest absolute Gasteiger partial charge is 0.0125 e. The quantitative estimate of drug-likeness (QED) is 0.500. The molecule has 0 unspecified atom stereocenters. The molecule has 0 amide bonds. The molecule has 0 aliphatic carbocycles. The summed E-state index contributed by atoms with van der Waals surface area (Å²) in [7, 11) is 0. The van der Waals surface area contributed by atoms with Crippen LogP contribution in [-0.2, 0) is 0 Å². The first kappa shape index (κ1) is 8.06. The third-order valence-electron chi connectivity index (χ3n) is 2.30. The molecule has 1 saturated heterocycles. The summed E-state index contributed by atoms with van der Waals surface area (Å²) >= 11 is 0. The molecule has 1 nitrogen and oxygen atoms in total. The van der Waals surface area contributed by atoms with Crippen molar-refractivity contribution in [3.63, 3.8) is 0 Å². The average molecular weight is 141 g/mol. The van der Waals surface area contributed by atoms with Crippen molar-refractivity contribution < 1.29 is 0 Å². The largest absolute Gasteiger partial charge is 0.298 e. The highest BCUT2D eigenvalue weighted by atomic mass is 15.2. The number of rotatable bonds is 0. The van der Waals surface area contributed by atoms with Gasteiger partial charge in [0.25, 0.3) is 0 Å². The fraction of sp³-hybridized carbons (Fsp3) is 1.00. The molecule has 1 rings (SSSR count). The second-order valence-corrected chi connectivity index (χ2v) is 4.22. The number of piperidine rings is 1. The minimum atomic E-state index is 0.403. The monoisotopic (exact) mass is 141 g/mol. The summed E-state index contributed by atoms with van der Waals surface area (Å²) < 4.78 is 0. The fourth-order valence-electron chi connectivity index (χ4n) is 1.56. The molecule has 0 saturated carbocycles. The topological polar surface area (TPSA) is 3.24 Å². The van der Waals surface area contributed by atoms with E-state index in [-0.39, 0.29) is 0 Å². The van der Waals surface area contributed by atoms with Gasteiger partial charge in [-0.1, -0.05) is 6.42 Å². The highest BCUT2D eigenvalue weighted by molar-refractivity contribution is 4.78.